The molecule has 0 radical (unpaired) electrons. The summed E-state index contributed by atoms with van der Waals surface area (Å²) in [5.41, 5.74) is 4.32. The molecule has 1 aliphatic rings. The second kappa shape index (κ2) is 10.0. The van der Waals surface area contributed by atoms with Gasteiger partial charge in [0.25, 0.3) is 5.91 Å². The highest BCUT2D eigenvalue weighted by molar-refractivity contribution is 6.23. The van der Waals surface area contributed by atoms with Gasteiger partial charge < -0.3 is 9.47 Å². The van der Waals surface area contributed by atoms with E-state index < -0.39 is 0 Å². The lowest BCUT2D eigenvalue weighted by Crippen LogP contribution is -2.25. The highest BCUT2D eigenvalue weighted by atomic mass is 16.5. The van der Waals surface area contributed by atoms with Crippen molar-refractivity contribution in [2.75, 3.05) is 18.1 Å². The molecule has 0 saturated heterocycles. The molecule has 1 amide bonds. The number of benzene rings is 3. The zero-order valence-corrected chi connectivity index (χ0v) is 18.7. The second-order valence-electron chi connectivity index (χ2n) is 7.41. The molecule has 5 nitrogen and oxygen atoms in total. The van der Waals surface area contributed by atoms with Crippen LogP contribution in [0.2, 0.25) is 0 Å². The van der Waals surface area contributed by atoms with Crippen LogP contribution in [0.15, 0.2) is 90.5 Å². The Morgan fingerprint density at radius 1 is 0.879 bits per heavy atom. The Hall–Kier alpha value is -4.12. The molecule has 0 fully saturated rings. The van der Waals surface area contributed by atoms with Gasteiger partial charge in [-0.1, -0.05) is 42.5 Å². The summed E-state index contributed by atoms with van der Waals surface area (Å²) in [6.45, 7) is 4.62. The van der Waals surface area contributed by atoms with Crippen molar-refractivity contribution < 1.29 is 19.1 Å². The topological polar surface area (TPSA) is 55.8 Å². The van der Waals surface area contributed by atoms with Gasteiger partial charge in [-0.15, -0.1) is 0 Å². The lowest BCUT2D eigenvalue weighted by atomic mass is 10.1. The second-order valence-corrected chi connectivity index (χ2v) is 7.41. The zero-order chi connectivity index (χ0) is 23.2. The van der Waals surface area contributed by atoms with Gasteiger partial charge in [0.05, 0.1) is 24.5 Å². The van der Waals surface area contributed by atoms with E-state index in [1.54, 1.807) is 36.1 Å². The molecule has 0 aliphatic carbocycles. The van der Waals surface area contributed by atoms with Crippen LogP contribution in [0.4, 0.5) is 5.69 Å². The Labute approximate surface area is 193 Å². The molecule has 0 aromatic heterocycles. The Balaban J connectivity index is 1.70. The first-order valence-corrected chi connectivity index (χ1v) is 10.9. The van der Waals surface area contributed by atoms with Gasteiger partial charge in [0.15, 0.2) is 0 Å². The fourth-order valence-electron chi connectivity index (χ4n) is 3.66. The van der Waals surface area contributed by atoms with E-state index >= 15 is 0 Å². The summed E-state index contributed by atoms with van der Waals surface area (Å²) in [5.74, 6) is 0.277. The first-order chi connectivity index (χ1) is 16.1. The molecule has 0 atom stereocenters. The maximum atomic E-state index is 13.5. The fraction of sp³-hybridized carbons (Fsp3) is 0.143. The molecule has 0 saturated carbocycles. The first kappa shape index (κ1) is 22.1. The lowest BCUT2D eigenvalue weighted by Gasteiger charge is -2.21. The third-order valence-electron chi connectivity index (χ3n) is 5.20. The minimum atomic E-state index is -0.383. The third kappa shape index (κ3) is 4.88. The van der Waals surface area contributed by atoms with Gasteiger partial charge in [0.2, 0.25) is 0 Å². The number of ether oxygens (including phenoxy) is 2. The minimum Gasteiger partial charge on any atom is -0.494 e. The molecule has 3 aromatic rings. The summed E-state index contributed by atoms with van der Waals surface area (Å²) >= 11 is 0. The maximum Gasteiger partial charge on any atom is 0.338 e. The number of hydrogen-bond acceptors (Lipinski definition) is 4. The van der Waals surface area contributed by atoms with Crippen LogP contribution in [0.5, 0.6) is 5.75 Å². The fourth-order valence-corrected chi connectivity index (χ4v) is 3.66. The molecular weight excluding hydrogens is 414 g/mol. The van der Waals surface area contributed by atoms with E-state index in [1.807, 2.05) is 73.7 Å². The molecule has 5 heteroatoms. The zero-order valence-electron chi connectivity index (χ0n) is 18.7. The molecule has 1 aliphatic heterocycles. The van der Waals surface area contributed by atoms with Gasteiger partial charge >= 0.3 is 5.97 Å². The standard InChI is InChI=1S/C28H25NO4/c1-3-32-25-16-10-20(11-17-25)18-23-19-26(21-8-6-5-7-9-21)29(27(23)30)24-14-12-22(13-15-24)28(31)33-4-2/h5-19H,3-4H2,1-2H3/b23-18+. The van der Waals surface area contributed by atoms with Gasteiger partial charge in [-0.3, -0.25) is 9.69 Å². The van der Waals surface area contributed by atoms with Crippen molar-refractivity contribution >= 4 is 29.3 Å². The molecule has 33 heavy (non-hydrogen) atoms. The molecular formula is C28H25NO4. The van der Waals surface area contributed by atoms with E-state index in [-0.39, 0.29) is 11.9 Å². The molecule has 0 bridgehead atoms. The van der Waals surface area contributed by atoms with Crippen LogP contribution < -0.4 is 9.64 Å². The van der Waals surface area contributed by atoms with Crippen LogP contribution in [0.3, 0.4) is 0 Å². The van der Waals surface area contributed by atoms with Gasteiger partial charge in [0.1, 0.15) is 5.75 Å². The smallest absolute Gasteiger partial charge is 0.338 e. The largest absolute Gasteiger partial charge is 0.494 e. The van der Waals surface area contributed by atoms with Crippen molar-refractivity contribution in [1.29, 1.82) is 0 Å². The number of rotatable bonds is 7. The Kier molecular flexibility index (Phi) is 6.69. The Morgan fingerprint density at radius 3 is 2.21 bits per heavy atom. The quantitative estimate of drug-likeness (QED) is 0.348. The number of anilines is 1. The average Bonchev–Trinajstić information content (AvgIpc) is 3.17. The van der Waals surface area contributed by atoms with Crippen molar-refractivity contribution in [3.8, 4) is 5.75 Å². The van der Waals surface area contributed by atoms with Gasteiger partial charge in [-0.2, -0.15) is 0 Å². The number of carbonyl (C=O) groups excluding carboxylic acids is 2. The number of carbonyl (C=O) groups is 2. The molecule has 1 heterocycles. The van der Waals surface area contributed by atoms with E-state index in [0.29, 0.717) is 30.0 Å². The van der Waals surface area contributed by atoms with Crippen molar-refractivity contribution in [1.82, 2.24) is 0 Å². The number of nitrogens with zero attached hydrogens (tertiary/aromatic N) is 1. The summed E-state index contributed by atoms with van der Waals surface area (Å²) in [4.78, 5) is 27.2. The van der Waals surface area contributed by atoms with Crippen LogP contribution in [0.25, 0.3) is 11.8 Å². The van der Waals surface area contributed by atoms with Crippen molar-refractivity contribution in [3.63, 3.8) is 0 Å². The van der Waals surface area contributed by atoms with Gasteiger partial charge in [0, 0.05) is 11.3 Å². The number of esters is 1. The molecule has 4 rings (SSSR count). The van der Waals surface area contributed by atoms with Crippen molar-refractivity contribution in [2.45, 2.75) is 13.8 Å². The first-order valence-electron chi connectivity index (χ1n) is 10.9. The predicted octanol–water partition coefficient (Wildman–Crippen LogP) is 5.73. The van der Waals surface area contributed by atoms with Gasteiger partial charge in [-0.05, 0) is 73.5 Å². The maximum absolute atomic E-state index is 13.5. The summed E-state index contributed by atoms with van der Waals surface area (Å²) in [6, 6.07) is 24.3. The third-order valence-corrected chi connectivity index (χ3v) is 5.20. The molecule has 166 valence electrons. The minimum absolute atomic E-state index is 0.133. The molecule has 0 N–H and O–H groups in total. The van der Waals surface area contributed by atoms with E-state index in [0.717, 1.165) is 22.6 Å². The Bertz CT molecular complexity index is 1190. The summed E-state index contributed by atoms with van der Waals surface area (Å²) in [7, 11) is 0. The monoisotopic (exact) mass is 439 g/mol. The number of amides is 1. The highest BCUT2D eigenvalue weighted by Crippen LogP contribution is 2.35. The summed E-state index contributed by atoms with van der Waals surface area (Å²) in [5, 5.41) is 0. The normalized spacial score (nSPS) is 14.4. The average molecular weight is 440 g/mol. The van der Waals surface area contributed by atoms with E-state index in [1.165, 1.54) is 0 Å². The van der Waals surface area contributed by atoms with E-state index in [2.05, 4.69) is 0 Å². The predicted molar refractivity (Wildman–Crippen MR) is 130 cm³/mol. The molecule has 0 spiro atoms. The van der Waals surface area contributed by atoms with Crippen LogP contribution >= 0.6 is 0 Å². The summed E-state index contributed by atoms with van der Waals surface area (Å²) < 4.78 is 10.6. The Morgan fingerprint density at radius 2 is 1.58 bits per heavy atom. The van der Waals surface area contributed by atoms with Crippen LogP contribution in [0, 0.1) is 0 Å². The molecule has 3 aromatic carbocycles. The van der Waals surface area contributed by atoms with Crippen molar-refractivity contribution in [3.05, 3.63) is 107 Å². The lowest BCUT2D eigenvalue weighted by molar-refractivity contribution is -0.113. The van der Waals surface area contributed by atoms with E-state index in [4.69, 9.17) is 9.47 Å². The van der Waals surface area contributed by atoms with Crippen LogP contribution in [-0.2, 0) is 9.53 Å². The number of hydrogen-bond donors (Lipinski definition) is 0. The van der Waals surface area contributed by atoms with E-state index in [9.17, 15) is 9.59 Å². The van der Waals surface area contributed by atoms with Crippen molar-refractivity contribution in [2.24, 2.45) is 0 Å². The SMILES string of the molecule is CCOC(=O)c1ccc(N2C(=O)/C(=C/c3ccc(OCC)cc3)C=C2c2ccccc2)cc1. The van der Waals surface area contributed by atoms with Crippen LogP contribution in [0.1, 0.15) is 35.3 Å². The highest BCUT2D eigenvalue weighted by Gasteiger charge is 2.30. The van der Waals surface area contributed by atoms with Gasteiger partial charge in [-0.25, -0.2) is 4.79 Å². The summed E-state index contributed by atoms with van der Waals surface area (Å²) in [6.07, 6.45) is 3.77. The molecule has 0 unspecified atom stereocenters. The van der Waals surface area contributed by atoms with Crippen LogP contribution in [-0.4, -0.2) is 25.1 Å².